The van der Waals surface area contributed by atoms with Crippen LogP contribution in [0.3, 0.4) is 0 Å². The lowest BCUT2D eigenvalue weighted by atomic mass is 9.98. The van der Waals surface area contributed by atoms with Crippen molar-refractivity contribution in [2.75, 3.05) is 14.2 Å². The highest BCUT2D eigenvalue weighted by atomic mass is 16.5. The summed E-state index contributed by atoms with van der Waals surface area (Å²) >= 11 is 0. The normalized spacial score (nSPS) is 12.4. The third-order valence-electron chi connectivity index (χ3n) is 5.78. The van der Waals surface area contributed by atoms with E-state index in [4.69, 9.17) is 9.47 Å². The van der Waals surface area contributed by atoms with Gasteiger partial charge in [-0.15, -0.1) is 0 Å². The summed E-state index contributed by atoms with van der Waals surface area (Å²) in [7, 11) is 3.12. The van der Waals surface area contributed by atoms with Crippen LogP contribution in [-0.2, 0) is 12.8 Å². The third kappa shape index (κ3) is 3.37. The second kappa shape index (κ2) is 8.19. The molecule has 0 atom stereocenters. The number of rotatable bonds is 6. The molecule has 2 N–H and O–H groups in total. The number of hydrazone groups is 1. The summed E-state index contributed by atoms with van der Waals surface area (Å²) in [5.41, 5.74) is 8.02. The van der Waals surface area contributed by atoms with Crippen molar-refractivity contribution in [2.45, 2.75) is 12.8 Å². The van der Waals surface area contributed by atoms with Gasteiger partial charge in [-0.1, -0.05) is 36.4 Å². The largest absolute Gasteiger partial charge is 0.493 e. The van der Waals surface area contributed by atoms with E-state index in [1.54, 1.807) is 26.4 Å². The molecule has 7 nitrogen and oxygen atoms in total. The smallest absolute Gasteiger partial charge is 0.289 e. The van der Waals surface area contributed by atoms with E-state index in [1.807, 2.05) is 12.1 Å². The number of amides is 1. The molecule has 1 heterocycles. The summed E-state index contributed by atoms with van der Waals surface area (Å²) in [6, 6.07) is 17.8. The summed E-state index contributed by atoms with van der Waals surface area (Å²) in [5, 5.41) is 13.7. The molecule has 0 spiro atoms. The van der Waals surface area contributed by atoms with Crippen molar-refractivity contribution in [3.05, 3.63) is 77.0 Å². The minimum Gasteiger partial charge on any atom is -0.493 e. The van der Waals surface area contributed by atoms with Crippen molar-refractivity contribution in [2.24, 2.45) is 5.10 Å². The van der Waals surface area contributed by atoms with Crippen LogP contribution in [0, 0.1) is 0 Å². The van der Waals surface area contributed by atoms with Crippen molar-refractivity contribution < 1.29 is 14.3 Å². The van der Waals surface area contributed by atoms with Crippen LogP contribution in [-0.4, -0.2) is 36.5 Å². The van der Waals surface area contributed by atoms with Gasteiger partial charge in [-0.2, -0.15) is 10.2 Å². The lowest BCUT2D eigenvalue weighted by Crippen LogP contribution is -2.18. The molecule has 0 aliphatic heterocycles. The molecular weight excluding hydrogens is 404 g/mol. The van der Waals surface area contributed by atoms with E-state index in [2.05, 4.69) is 51.1 Å². The number of H-pyrrole nitrogens is 1. The lowest BCUT2D eigenvalue weighted by Gasteiger charge is -2.09. The van der Waals surface area contributed by atoms with Gasteiger partial charge in [0.05, 0.1) is 26.1 Å². The van der Waals surface area contributed by atoms with Gasteiger partial charge in [-0.25, -0.2) is 5.43 Å². The van der Waals surface area contributed by atoms with Crippen LogP contribution in [0.5, 0.6) is 11.5 Å². The maximum Gasteiger partial charge on any atom is 0.289 e. The van der Waals surface area contributed by atoms with Crippen molar-refractivity contribution in [1.29, 1.82) is 0 Å². The molecule has 0 fully saturated rings. The number of carbonyl (C=O) groups excluding carboxylic acids is 1. The predicted molar refractivity (Wildman–Crippen MR) is 124 cm³/mol. The van der Waals surface area contributed by atoms with E-state index in [9.17, 15) is 4.79 Å². The van der Waals surface area contributed by atoms with Gasteiger partial charge in [0.15, 0.2) is 11.5 Å². The van der Waals surface area contributed by atoms with E-state index < -0.39 is 0 Å². The second-order valence-corrected chi connectivity index (χ2v) is 7.56. The minimum absolute atomic E-state index is 0.331. The van der Waals surface area contributed by atoms with Crippen molar-refractivity contribution in [3.8, 4) is 22.8 Å². The van der Waals surface area contributed by atoms with Gasteiger partial charge in [0.2, 0.25) is 0 Å². The number of hydrogen-bond acceptors (Lipinski definition) is 5. The summed E-state index contributed by atoms with van der Waals surface area (Å²) in [6.45, 7) is 0. The van der Waals surface area contributed by atoms with E-state index in [1.165, 1.54) is 28.1 Å². The molecule has 1 aromatic heterocycles. The fraction of sp³-hybridized carbons (Fsp3) is 0.160. The minimum atomic E-state index is -0.382. The van der Waals surface area contributed by atoms with Crippen LogP contribution in [0.15, 0.2) is 59.7 Å². The highest BCUT2D eigenvalue weighted by Crippen LogP contribution is 2.36. The Morgan fingerprint density at radius 3 is 2.69 bits per heavy atom. The maximum atomic E-state index is 12.6. The van der Waals surface area contributed by atoms with Gasteiger partial charge in [0, 0.05) is 11.1 Å². The van der Waals surface area contributed by atoms with E-state index in [0.29, 0.717) is 22.8 Å². The number of aromatic amines is 1. The Morgan fingerprint density at radius 1 is 1.06 bits per heavy atom. The number of ether oxygens (including phenoxy) is 2. The van der Waals surface area contributed by atoms with E-state index in [-0.39, 0.29) is 5.91 Å². The van der Waals surface area contributed by atoms with Crippen LogP contribution in [0.2, 0.25) is 0 Å². The molecule has 1 aliphatic rings. The number of hydrogen-bond donors (Lipinski definition) is 2. The number of carbonyl (C=O) groups is 1. The predicted octanol–water partition coefficient (Wildman–Crippen LogP) is 4.11. The molecule has 1 amide bonds. The standard InChI is InChI=1S/C25H22N4O3/c1-31-22-8-4-6-17(24(22)32-2)14-26-29-25(30)21-13-20(27-28-21)18-12-11-16-10-9-15-5-3-7-19(18)23(15)16/h3-8,11-14H,9-10H2,1-2H3,(H,27,28)(H,29,30)/b26-14+. The fourth-order valence-electron chi connectivity index (χ4n) is 4.28. The first-order valence-electron chi connectivity index (χ1n) is 10.3. The summed E-state index contributed by atoms with van der Waals surface area (Å²) < 4.78 is 10.7. The molecular formula is C25H22N4O3. The topological polar surface area (TPSA) is 88.6 Å². The number of methoxy groups -OCH3 is 2. The van der Waals surface area contributed by atoms with Crippen LogP contribution in [0.1, 0.15) is 27.2 Å². The zero-order chi connectivity index (χ0) is 22.1. The lowest BCUT2D eigenvalue weighted by molar-refractivity contribution is 0.0950. The average Bonchev–Trinajstić information content (AvgIpc) is 3.48. The highest BCUT2D eigenvalue weighted by Gasteiger charge is 2.18. The number of aryl methyl sites for hydroxylation is 2. The van der Waals surface area contributed by atoms with Gasteiger partial charge in [-0.05, 0) is 52.9 Å². The molecule has 0 radical (unpaired) electrons. The Hall–Kier alpha value is -4.13. The van der Waals surface area contributed by atoms with Crippen LogP contribution < -0.4 is 14.9 Å². The molecule has 4 aromatic rings. The highest BCUT2D eigenvalue weighted by molar-refractivity contribution is 6.02. The van der Waals surface area contributed by atoms with Gasteiger partial charge >= 0.3 is 0 Å². The number of benzene rings is 3. The molecule has 3 aromatic carbocycles. The number of nitrogens with zero attached hydrogens (tertiary/aromatic N) is 2. The van der Waals surface area contributed by atoms with Crippen LogP contribution in [0.4, 0.5) is 0 Å². The molecule has 7 heteroatoms. The quantitative estimate of drug-likeness (QED) is 0.359. The molecule has 1 aliphatic carbocycles. The molecule has 0 saturated heterocycles. The van der Waals surface area contributed by atoms with Gasteiger partial charge in [0.25, 0.3) is 5.91 Å². The number of aromatic nitrogens is 2. The van der Waals surface area contributed by atoms with Crippen molar-refractivity contribution in [1.82, 2.24) is 15.6 Å². The number of para-hydroxylation sites is 1. The first kappa shape index (κ1) is 19.8. The Bertz CT molecular complexity index is 1350. The first-order valence-corrected chi connectivity index (χ1v) is 10.3. The van der Waals surface area contributed by atoms with E-state index in [0.717, 1.165) is 24.1 Å². The SMILES string of the molecule is COc1cccc(/C=N/NC(=O)c2cc(-c3ccc4c5c(cccc35)CC4)n[nH]2)c1OC. The summed E-state index contributed by atoms with van der Waals surface area (Å²) in [6.07, 6.45) is 3.65. The zero-order valence-electron chi connectivity index (χ0n) is 17.8. The number of nitrogens with one attached hydrogen (secondary N) is 2. The van der Waals surface area contributed by atoms with Crippen molar-refractivity contribution >= 4 is 22.9 Å². The van der Waals surface area contributed by atoms with Gasteiger partial charge < -0.3 is 9.47 Å². The summed E-state index contributed by atoms with van der Waals surface area (Å²) in [5.74, 6) is 0.753. The van der Waals surface area contributed by atoms with Gasteiger partial charge in [0.1, 0.15) is 5.69 Å². The molecule has 0 unspecified atom stereocenters. The van der Waals surface area contributed by atoms with Gasteiger partial charge in [-0.3, -0.25) is 9.89 Å². The molecule has 0 bridgehead atoms. The first-order chi connectivity index (χ1) is 15.7. The zero-order valence-corrected chi connectivity index (χ0v) is 17.8. The van der Waals surface area contributed by atoms with Crippen LogP contribution in [0.25, 0.3) is 22.0 Å². The fourth-order valence-corrected chi connectivity index (χ4v) is 4.28. The Labute approximate surface area is 185 Å². The van der Waals surface area contributed by atoms with E-state index >= 15 is 0 Å². The molecule has 5 rings (SSSR count). The molecule has 0 saturated carbocycles. The molecule has 160 valence electrons. The maximum absolute atomic E-state index is 12.6. The monoisotopic (exact) mass is 426 g/mol. The average molecular weight is 426 g/mol. The Kier molecular flexibility index (Phi) is 5.07. The molecule has 32 heavy (non-hydrogen) atoms. The Balaban J connectivity index is 1.37. The van der Waals surface area contributed by atoms with Crippen LogP contribution >= 0.6 is 0 Å². The third-order valence-corrected chi connectivity index (χ3v) is 5.78. The summed E-state index contributed by atoms with van der Waals surface area (Å²) in [4.78, 5) is 12.6. The second-order valence-electron chi connectivity index (χ2n) is 7.56. The van der Waals surface area contributed by atoms with Crippen molar-refractivity contribution in [3.63, 3.8) is 0 Å². The Morgan fingerprint density at radius 2 is 1.88 bits per heavy atom.